The van der Waals surface area contributed by atoms with Crippen molar-refractivity contribution in [3.63, 3.8) is 0 Å². The first-order valence-electron chi connectivity index (χ1n) is 8.41. The van der Waals surface area contributed by atoms with Gasteiger partial charge >= 0.3 is 10.3 Å². The van der Waals surface area contributed by atoms with Crippen LogP contribution < -0.4 is 4.18 Å². The molecule has 0 bridgehead atoms. The summed E-state index contributed by atoms with van der Waals surface area (Å²) in [5.74, 6) is 0.0569. The Hall–Kier alpha value is -2.44. The van der Waals surface area contributed by atoms with Gasteiger partial charge in [-0.05, 0) is 31.0 Å². The molecular formula is C20H19NO4S. The second-order valence-electron chi connectivity index (χ2n) is 6.69. The summed E-state index contributed by atoms with van der Waals surface area (Å²) in [6.07, 6.45) is 0.323. The lowest BCUT2D eigenvalue weighted by Gasteiger charge is -2.35. The van der Waals surface area contributed by atoms with Crippen LogP contribution in [0.5, 0.6) is 5.75 Å². The molecule has 2 aromatic rings. The van der Waals surface area contributed by atoms with Gasteiger partial charge in [-0.2, -0.15) is 8.42 Å². The third-order valence-electron chi connectivity index (χ3n) is 4.64. The summed E-state index contributed by atoms with van der Waals surface area (Å²) in [7, 11) is -4.03. The Bertz CT molecular complexity index is 996. The number of fused-ring (bicyclic) bond motifs is 1. The first kappa shape index (κ1) is 17.0. The van der Waals surface area contributed by atoms with Crippen molar-refractivity contribution in [3.8, 4) is 5.75 Å². The average Bonchev–Trinajstić information content (AvgIpc) is 2.62. The number of hydrogen-bond donors (Lipinski definition) is 0. The van der Waals surface area contributed by atoms with Crippen LogP contribution in [0.2, 0.25) is 0 Å². The molecule has 1 saturated heterocycles. The van der Waals surface area contributed by atoms with Crippen LogP contribution in [0.4, 0.5) is 0 Å². The molecule has 0 spiro atoms. The van der Waals surface area contributed by atoms with E-state index in [1.165, 1.54) is 0 Å². The molecule has 0 aliphatic carbocycles. The third kappa shape index (κ3) is 3.18. The van der Waals surface area contributed by atoms with Crippen LogP contribution in [-0.4, -0.2) is 20.7 Å². The van der Waals surface area contributed by atoms with Crippen molar-refractivity contribution in [3.05, 3.63) is 77.4 Å². The first-order chi connectivity index (χ1) is 12.4. The van der Waals surface area contributed by atoms with Gasteiger partial charge in [-0.15, -0.1) is 4.40 Å². The fourth-order valence-electron chi connectivity index (χ4n) is 3.50. The van der Waals surface area contributed by atoms with Gasteiger partial charge < -0.3 is 8.92 Å². The highest BCUT2D eigenvalue weighted by Gasteiger charge is 2.38. The Kier molecular flexibility index (Phi) is 4.17. The topological polar surface area (TPSA) is 65.0 Å². The van der Waals surface area contributed by atoms with E-state index in [-0.39, 0.29) is 12.0 Å². The van der Waals surface area contributed by atoms with Crippen LogP contribution in [0.1, 0.15) is 29.2 Å². The molecule has 1 unspecified atom stereocenters. The van der Waals surface area contributed by atoms with E-state index in [2.05, 4.69) is 11.0 Å². The summed E-state index contributed by atoms with van der Waals surface area (Å²) in [4.78, 5) is 0. The Labute approximate surface area is 153 Å². The molecule has 1 fully saturated rings. The minimum absolute atomic E-state index is 0.252. The molecule has 2 heterocycles. The summed E-state index contributed by atoms with van der Waals surface area (Å²) in [5.41, 5.74) is 4.09. The maximum Gasteiger partial charge on any atom is 0.428 e. The molecule has 134 valence electrons. The monoisotopic (exact) mass is 369 g/mol. The summed E-state index contributed by atoms with van der Waals surface area (Å²) in [5, 5.41) is 0. The van der Waals surface area contributed by atoms with Crippen molar-refractivity contribution in [2.45, 2.75) is 19.4 Å². The largest absolute Gasteiger partial charge is 0.428 e. The molecule has 6 heteroatoms. The lowest BCUT2D eigenvalue weighted by atomic mass is 9.81. The third-order valence-corrected chi connectivity index (χ3v) is 5.45. The molecule has 2 aliphatic rings. The van der Waals surface area contributed by atoms with Crippen LogP contribution in [0.15, 0.2) is 65.1 Å². The van der Waals surface area contributed by atoms with Gasteiger partial charge in [0.15, 0.2) is 5.75 Å². The number of rotatable bonds is 2. The Morgan fingerprint density at radius 3 is 2.69 bits per heavy atom. The van der Waals surface area contributed by atoms with Gasteiger partial charge in [0.2, 0.25) is 0 Å². The van der Waals surface area contributed by atoms with Crippen molar-refractivity contribution < 1.29 is 17.3 Å². The Morgan fingerprint density at radius 2 is 1.92 bits per heavy atom. The van der Waals surface area contributed by atoms with E-state index < -0.39 is 10.3 Å². The fourth-order valence-corrected chi connectivity index (χ4v) is 4.38. The fraction of sp³-hybridized carbons (Fsp3) is 0.250. The minimum atomic E-state index is -4.03. The molecule has 0 amide bonds. The molecular weight excluding hydrogens is 350 g/mol. The van der Waals surface area contributed by atoms with Crippen LogP contribution in [0.25, 0.3) is 0 Å². The van der Waals surface area contributed by atoms with Crippen molar-refractivity contribution in [2.24, 2.45) is 10.3 Å². The van der Waals surface area contributed by atoms with Gasteiger partial charge in [-0.25, -0.2) is 0 Å². The van der Waals surface area contributed by atoms with E-state index in [1.54, 1.807) is 6.07 Å². The van der Waals surface area contributed by atoms with E-state index in [0.717, 1.165) is 16.7 Å². The molecule has 26 heavy (non-hydrogen) atoms. The van der Waals surface area contributed by atoms with Crippen molar-refractivity contribution >= 4 is 16.0 Å². The molecule has 2 aromatic carbocycles. The number of ether oxygens (including phenoxy) is 1. The van der Waals surface area contributed by atoms with Crippen molar-refractivity contribution in [1.82, 2.24) is 0 Å². The van der Waals surface area contributed by atoms with Crippen molar-refractivity contribution in [1.29, 1.82) is 0 Å². The van der Waals surface area contributed by atoms with Gasteiger partial charge in [-0.3, -0.25) is 0 Å². The quantitative estimate of drug-likeness (QED) is 0.756. The van der Waals surface area contributed by atoms with Crippen LogP contribution in [0, 0.1) is 12.8 Å². The van der Waals surface area contributed by atoms with Crippen LogP contribution in [0.3, 0.4) is 0 Å². The predicted octanol–water partition coefficient (Wildman–Crippen LogP) is 3.76. The van der Waals surface area contributed by atoms with Gasteiger partial charge in [0, 0.05) is 11.5 Å². The smallest absolute Gasteiger partial charge is 0.368 e. The molecule has 0 N–H and O–H groups in total. The second kappa shape index (κ2) is 6.37. The van der Waals surface area contributed by atoms with Crippen molar-refractivity contribution in [2.75, 3.05) is 6.61 Å². The zero-order valence-electron chi connectivity index (χ0n) is 14.4. The molecule has 0 radical (unpaired) electrons. The van der Waals surface area contributed by atoms with E-state index in [9.17, 15) is 8.42 Å². The summed E-state index contributed by atoms with van der Waals surface area (Å²) in [6, 6.07) is 15.2. The van der Waals surface area contributed by atoms with Crippen LogP contribution >= 0.6 is 0 Å². The summed E-state index contributed by atoms with van der Waals surface area (Å²) in [6.45, 7) is 6.44. The lowest BCUT2D eigenvalue weighted by Crippen LogP contribution is -2.33. The maximum absolute atomic E-state index is 12.2. The van der Waals surface area contributed by atoms with E-state index >= 15 is 0 Å². The molecule has 2 atom stereocenters. The van der Waals surface area contributed by atoms with Gasteiger partial charge in [0.1, 0.15) is 0 Å². The highest BCUT2D eigenvalue weighted by molar-refractivity contribution is 7.86. The van der Waals surface area contributed by atoms with E-state index in [4.69, 9.17) is 8.92 Å². The normalized spacial score (nSPS) is 24.3. The minimum Gasteiger partial charge on any atom is -0.368 e. The molecule has 0 saturated carbocycles. The predicted molar refractivity (Wildman–Crippen MR) is 99.6 cm³/mol. The highest BCUT2D eigenvalue weighted by Crippen LogP contribution is 2.41. The SMILES string of the molecule is C=C1CO[C@H](c2ccccc2)C(C2=NS(=O)(=O)Oc3ccc(C)cc32)C1. The van der Waals surface area contributed by atoms with E-state index in [0.29, 0.717) is 30.1 Å². The average molecular weight is 369 g/mol. The van der Waals surface area contributed by atoms with E-state index in [1.807, 2.05) is 49.4 Å². The van der Waals surface area contributed by atoms with Crippen LogP contribution in [-0.2, 0) is 15.0 Å². The van der Waals surface area contributed by atoms with Gasteiger partial charge in [-0.1, -0.05) is 54.1 Å². The first-order valence-corrected chi connectivity index (χ1v) is 9.78. The number of benzene rings is 2. The Morgan fingerprint density at radius 1 is 1.15 bits per heavy atom. The molecule has 0 aromatic heterocycles. The highest BCUT2D eigenvalue weighted by atomic mass is 32.2. The maximum atomic E-state index is 12.2. The molecule has 5 nitrogen and oxygen atoms in total. The van der Waals surface area contributed by atoms with Gasteiger partial charge in [0.25, 0.3) is 0 Å². The molecule has 2 aliphatic heterocycles. The second-order valence-corrected chi connectivity index (χ2v) is 7.89. The zero-order valence-corrected chi connectivity index (χ0v) is 15.2. The number of aryl methyl sites for hydroxylation is 1. The summed E-state index contributed by atoms with van der Waals surface area (Å²) >= 11 is 0. The Balaban J connectivity index is 1.86. The number of hydrogen-bond acceptors (Lipinski definition) is 4. The van der Waals surface area contributed by atoms with Gasteiger partial charge in [0.05, 0.1) is 18.4 Å². The zero-order chi connectivity index (χ0) is 18.3. The number of nitrogens with zero attached hydrogens (tertiary/aromatic N) is 1. The lowest BCUT2D eigenvalue weighted by molar-refractivity contribution is 0.0209. The summed E-state index contributed by atoms with van der Waals surface area (Å²) < 4.78 is 39.5. The molecule has 4 rings (SSSR count). The standard InChI is InChI=1S/C20H19NO4S/c1-13-8-9-18-16(10-13)19(21-26(22,23)25-18)17-11-14(2)12-24-20(17)15-6-4-3-5-7-15/h3-10,17,20H,2,11-12H2,1H3/t17?,20-/m1/s1.